The number of amides is 1. The van der Waals surface area contributed by atoms with E-state index in [4.69, 9.17) is 4.74 Å². The van der Waals surface area contributed by atoms with Crippen molar-refractivity contribution in [2.45, 2.75) is 19.9 Å². The summed E-state index contributed by atoms with van der Waals surface area (Å²) in [6, 6.07) is 14.1. The van der Waals surface area contributed by atoms with Crippen LogP contribution in [0.25, 0.3) is 11.1 Å². The molecule has 3 heterocycles. The second-order valence-corrected chi connectivity index (χ2v) is 7.52. The van der Waals surface area contributed by atoms with Crippen LogP contribution >= 0.6 is 0 Å². The van der Waals surface area contributed by atoms with Crippen LogP contribution in [0.4, 0.5) is 5.69 Å². The molecule has 30 heavy (non-hydrogen) atoms. The minimum atomic E-state index is 0.106. The molecule has 0 unspecified atom stereocenters. The number of carbonyl (C=O) groups is 1. The lowest BCUT2D eigenvalue weighted by molar-refractivity contribution is 0.0735. The summed E-state index contributed by atoms with van der Waals surface area (Å²) in [5.74, 6) is 0.959. The molecule has 0 saturated carbocycles. The van der Waals surface area contributed by atoms with E-state index in [0.29, 0.717) is 13.1 Å². The lowest BCUT2D eigenvalue weighted by Gasteiger charge is -2.36. The van der Waals surface area contributed by atoms with Crippen molar-refractivity contribution in [3.63, 3.8) is 0 Å². The van der Waals surface area contributed by atoms with Gasteiger partial charge in [0.15, 0.2) is 0 Å². The molecule has 4 rings (SSSR count). The maximum absolute atomic E-state index is 13.3. The molecule has 0 atom stereocenters. The summed E-state index contributed by atoms with van der Waals surface area (Å²) in [4.78, 5) is 21.7. The van der Waals surface area contributed by atoms with E-state index >= 15 is 0 Å². The van der Waals surface area contributed by atoms with E-state index in [1.807, 2.05) is 41.3 Å². The van der Waals surface area contributed by atoms with Gasteiger partial charge in [-0.3, -0.25) is 9.78 Å². The lowest BCUT2D eigenvalue weighted by Crippen LogP contribution is -2.49. The Kier molecular flexibility index (Phi) is 6.02. The van der Waals surface area contributed by atoms with E-state index in [1.54, 1.807) is 19.5 Å². The van der Waals surface area contributed by atoms with Crippen LogP contribution in [0, 0.1) is 0 Å². The van der Waals surface area contributed by atoms with Crippen LogP contribution < -0.4 is 9.64 Å². The highest BCUT2D eigenvalue weighted by Gasteiger charge is 2.25. The summed E-state index contributed by atoms with van der Waals surface area (Å²) in [6.07, 6.45) is 6.63. The predicted molar refractivity (Wildman–Crippen MR) is 119 cm³/mol. The van der Waals surface area contributed by atoms with E-state index < -0.39 is 0 Å². The van der Waals surface area contributed by atoms with Crippen molar-refractivity contribution in [3.8, 4) is 16.9 Å². The molecule has 0 radical (unpaired) electrons. The number of pyridine rings is 1. The average molecular weight is 405 g/mol. The SMILES string of the molecule is CCCn1cc(-c2ccncc2)cc1C(=O)N1CCN(c2cccc(OC)c2)CC1. The fourth-order valence-corrected chi connectivity index (χ4v) is 3.95. The first-order valence-corrected chi connectivity index (χ1v) is 10.5. The van der Waals surface area contributed by atoms with E-state index in [-0.39, 0.29) is 5.91 Å². The Morgan fingerprint density at radius 2 is 1.80 bits per heavy atom. The minimum Gasteiger partial charge on any atom is -0.497 e. The van der Waals surface area contributed by atoms with Gasteiger partial charge < -0.3 is 19.1 Å². The van der Waals surface area contributed by atoms with Gasteiger partial charge in [-0.15, -0.1) is 0 Å². The fraction of sp³-hybridized carbons (Fsp3) is 0.333. The minimum absolute atomic E-state index is 0.106. The van der Waals surface area contributed by atoms with Gasteiger partial charge in [0.1, 0.15) is 11.4 Å². The van der Waals surface area contributed by atoms with Crippen molar-refractivity contribution in [1.82, 2.24) is 14.5 Å². The molecule has 0 N–H and O–H groups in total. The second kappa shape index (κ2) is 9.03. The van der Waals surface area contributed by atoms with E-state index in [2.05, 4.69) is 33.6 Å². The van der Waals surface area contributed by atoms with Crippen molar-refractivity contribution >= 4 is 11.6 Å². The van der Waals surface area contributed by atoms with Gasteiger partial charge in [-0.05, 0) is 42.3 Å². The Labute approximate surface area is 177 Å². The number of benzene rings is 1. The van der Waals surface area contributed by atoms with Gasteiger partial charge in [0.25, 0.3) is 5.91 Å². The number of aryl methyl sites for hydroxylation is 1. The van der Waals surface area contributed by atoms with Crippen LogP contribution in [0.2, 0.25) is 0 Å². The van der Waals surface area contributed by atoms with Gasteiger partial charge >= 0.3 is 0 Å². The molecular weight excluding hydrogens is 376 g/mol. The average Bonchev–Trinajstić information content (AvgIpc) is 3.23. The maximum atomic E-state index is 13.3. The molecule has 1 aromatic carbocycles. The highest BCUT2D eigenvalue weighted by atomic mass is 16.5. The predicted octanol–water partition coefficient (Wildman–Crippen LogP) is 3.93. The fourth-order valence-electron chi connectivity index (χ4n) is 3.95. The molecule has 0 bridgehead atoms. The monoisotopic (exact) mass is 404 g/mol. The molecule has 1 aliphatic heterocycles. The largest absolute Gasteiger partial charge is 0.497 e. The molecule has 156 valence electrons. The Bertz CT molecular complexity index is 991. The van der Waals surface area contributed by atoms with Crippen molar-refractivity contribution in [1.29, 1.82) is 0 Å². The number of ether oxygens (including phenoxy) is 1. The Hall–Kier alpha value is -3.28. The van der Waals surface area contributed by atoms with Crippen LogP contribution in [-0.4, -0.2) is 53.6 Å². The molecule has 1 fully saturated rings. The molecule has 6 heteroatoms. The zero-order valence-corrected chi connectivity index (χ0v) is 17.6. The summed E-state index contributed by atoms with van der Waals surface area (Å²) in [6.45, 7) is 5.99. The molecular formula is C24H28N4O2. The molecule has 6 nitrogen and oxygen atoms in total. The highest BCUT2D eigenvalue weighted by molar-refractivity contribution is 5.94. The van der Waals surface area contributed by atoms with Gasteiger partial charge in [-0.1, -0.05) is 13.0 Å². The number of aromatic nitrogens is 2. The van der Waals surface area contributed by atoms with Crippen molar-refractivity contribution < 1.29 is 9.53 Å². The molecule has 3 aromatic rings. The molecule has 0 aliphatic carbocycles. The Morgan fingerprint density at radius 3 is 2.50 bits per heavy atom. The normalized spacial score (nSPS) is 14.1. The summed E-state index contributed by atoms with van der Waals surface area (Å²) in [5.41, 5.74) is 4.04. The summed E-state index contributed by atoms with van der Waals surface area (Å²) in [5, 5.41) is 0. The number of rotatable bonds is 6. The number of hydrogen-bond donors (Lipinski definition) is 0. The lowest BCUT2D eigenvalue weighted by atomic mass is 10.1. The first-order valence-electron chi connectivity index (χ1n) is 10.5. The van der Waals surface area contributed by atoms with Gasteiger partial charge in [-0.25, -0.2) is 0 Å². The van der Waals surface area contributed by atoms with Crippen LogP contribution in [-0.2, 0) is 6.54 Å². The van der Waals surface area contributed by atoms with Gasteiger partial charge in [-0.2, -0.15) is 0 Å². The van der Waals surface area contributed by atoms with Gasteiger partial charge in [0, 0.05) is 68.6 Å². The van der Waals surface area contributed by atoms with Gasteiger partial charge in [0.05, 0.1) is 7.11 Å². The number of hydrogen-bond acceptors (Lipinski definition) is 4. The van der Waals surface area contributed by atoms with Crippen molar-refractivity contribution in [2.24, 2.45) is 0 Å². The standard InChI is InChI=1S/C24H28N4O2/c1-3-11-28-18-20(19-7-9-25-10-8-19)16-23(28)24(29)27-14-12-26(13-15-27)21-5-4-6-22(17-21)30-2/h4-10,16-18H,3,11-15H2,1-2H3. The van der Waals surface area contributed by atoms with Crippen LogP contribution in [0.15, 0.2) is 61.1 Å². The second-order valence-electron chi connectivity index (χ2n) is 7.52. The zero-order valence-electron chi connectivity index (χ0n) is 17.6. The Balaban J connectivity index is 1.49. The molecule has 1 amide bonds. The van der Waals surface area contributed by atoms with Gasteiger partial charge in [0.2, 0.25) is 0 Å². The number of piperazine rings is 1. The first kappa shape index (κ1) is 20.0. The van der Waals surface area contributed by atoms with Crippen LogP contribution in [0.5, 0.6) is 5.75 Å². The summed E-state index contributed by atoms with van der Waals surface area (Å²) < 4.78 is 7.43. The summed E-state index contributed by atoms with van der Waals surface area (Å²) in [7, 11) is 1.68. The van der Waals surface area contributed by atoms with Crippen LogP contribution in [0.3, 0.4) is 0 Å². The maximum Gasteiger partial charge on any atom is 0.270 e. The quantitative estimate of drug-likeness (QED) is 0.625. The third-order valence-corrected chi connectivity index (χ3v) is 5.58. The molecule has 0 spiro atoms. The zero-order chi connectivity index (χ0) is 20.9. The number of carbonyl (C=O) groups excluding carboxylic acids is 1. The van der Waals surface area contributed by atoms with Crippen LogP contribution in [0.1, 0.15) is 23.8 Å². The topological polar surface area (TPSA) is 50.6 Å². The summed E-state index contributed by atoms with van der Waals surface area (Å²) >= 11 is 0. The number of nitrogens with zero attached hydrogens (tertiary/aromatic N) is 4. The highest BCUT2D eigenvalue weighted by Crippen LogP contribution is 2.25. The van der Waals surface area contributed by atoms with E-state index in [0.717, 1.165) is 54.3 Å². The molecule has 1 saturated heterocycles. The smallest absolute Gasteiger partial charge is 0.270 e. The Morgan fingerprint density at radius 1 is 1.03 bits per heavy atom. The number of anilines is 1. The number of methoxy groups -OCH3 is 1. The first-order chi connectivity index (χ1) is 14.7. The van der Waals surface area contributed by atoms with Crippen molar-refractivity contribution in [2.75, 3.05) is 38.2 Å². The third kappa shape index (κ3) is 4.17. The van der Waals surface area contributed by atoms with Crippen molar-refractivity contribution in [3.05, 3.63) is 66.7 Å². The molecule has 2 aromatic heterocycles. The van der Waals surface area contributed by atoms with E-state index in [9.17, 15) is 4.79 Å². The third-order valence-electron chi connectivity index (χ3n) is 5.58. The van der Waals surface area contributed by atoms with E-state index in [1.165, 1.54) is 0 Å². The molecule has 1 aliphatic rings.